The highest BCUT2D eigenvalue weighted by atomic mass is 35.5. The van der Waals surface area contributed by atoms with Gasteiger partial charge in [0.2, 0.25) is 0 Å². The quantitative estimate of drug-likeness (QED) is 0.456. The molecular weight excluding hydrogens is 436 g/mol. The van der Waals surface area contributed by atoms with Gasteiger partial charge in [0.15, 0.2) is 9.84 Å². The number of halogens is 1. The van der Waals surface area contributed by atoms with Gasteiger partial charge in [-0.3, -0.25) is 14.8 Å². The lowest BCUT2D eigenvalue weighted by molar-refractivity contribution is -0.385. The molecule has 0 radical (unpaired) electrons. The molecule has 0 aliphatic heterocycles. The topological polar surface area (TPSA) is 153 Å². The van der Waals surface area contributed by atoms with Crippen LogP contribution in [0.5, 0.6) is 5.75 Å². The Balaban J connectivity index is 2.51. The third-order valence-electron chi connectivity index (χ3n) is 3.53. The second-order valence-corrected chi connectivity index (χ2v) is 9.52. The Morgan fingerprint density at radius 1 is 1.14 bits per heavy atom. The lowest BCUT2D eigenvalue weighted by atomic mass is 10.3. The lowest BCUT2D eigenvalue weighted by Gasteiger charge is -2.13. The van der Waals surface area contributed by atoms with Gasteiger partial charge in [-0.15, -0.1) is 0 Å². The standard InChI is InChI=1S/C15H15ClN2O8S2/c1-26-13-5-2-10(8-15(13)27(22,23)7-6-19)17-28(24,25)14-9-11(18(20)21)3-4-12(14)16/h2-5,8-9,17,19H,6-7H2,1H3. The normalized spacial score (nSPS) is 11.8. The Bertz CT molecular complexity index is 1120. The molecule has 0 amide bonds. The first-order valence-electron chi connectivity index (χ1n) is 7.50. The van der Waals surface area contributed by atoms with E-state index in [9.17, 15) is 26.9 Å². The highest BCUT2D eigenvalue weighted by Gasteiger charge is 2.24. The van der Waals surface area contributed by atoms with Crippen molar-refractivity contribution in [2.24, 2.45) is 0 Å². The van der Waals surface area contributed by atoms with E-state index in [1.807, 2.05) is 0 Å². The molecule has 0 bridgehead atoms. The maximum Gasteiger partial charge on any atom is 0.270 e. The van der Waals surface area contributed by atoms with Gasteiger partial charge >= 0.3 is 0 Å². The Morgan fingerprint density at radius 2 is 1.82 bits per heavy atom. The molecule has 152 valence electrons. The van der Waals surface area contributed by atoms with E-state index in [4.69, 9.17) is 21.4 Å². The number of sulfone groups is 1. The first kappa shape index (κ1) is 21.9. The summed E-state index contributed by atoms with van der Waals surface area (Å²) in [4.78, 5) is 9.24. The monoisotopic (exact) mass is 450 g/mol. The number of non-ortho nitro benzene ring substituents is 1. The Morgan fingerprint density at radius 3 is 2.39 bits per heavy atom. The number of sulfonamides is 1. The molecule has 2 aromatic carbocycles. The predicted octanol–water partition coefficient (Wildman–Crippen LogP) is 1.82. The van der Waals surface area contributed by atoms with Crippen molar-refractivity contribution in [3.8, 4) is 5.75 Å². The molecule has 28 heavy (non-hydrogen) atoms. The highest BCUT2D eigenvalue weighted by Crippen LogP contribution is 2.31. The average molecular weight is 451 g/mol. The van der Waals surface area contributed by atoms with Crippen LogP contribution in [0, 0.1) is 10.1 Å². The van der Waals surface area contributed by atoms with Crippen LogP contribution < -0.4 is 9.46 Å². The highest BCUT2D eigenvalue weighted by molar-refractivity contribution is 7.93. The zero-order valence-corrected chi connectivity index (χ0v) is 16.7. The van der Waals surface area contributed by atoms with Gasteiger partial charge in [0.25, 0.3) is 15.7 Å². The number of benzene rings is 2. The number of aliphatic hydroxyl groups excluding tert-OH is 1. The van der Waals surface area contributed by atoms with Crippen LogP contribution in [0.25, 0.3) is 0 Å². The summed E-state index contributed by atoms with van der Waals surface area (Å²) in [6, 6.07) is 6.41. The van der Waals surface area contributed by atoms with Crippen LogP contribution in [0.1, 0.15) is 0 Å². The Labute approximate surface area is 165 Å². The van der Waals surface area contributed by atoms with Gasteiger partial charge in [0, 0.05) is 12.1 Å². The van der Waals surface area contributed by atoms with Crippen molar-refractivity contribution in [1.29, 1.82) is 0 Å². The number of nitrogens with one attached hydrogen (secondary N) is 1. The fourth-order valence-corrected chi connectivity index (χ4v) is 5.03. The summed E-state index contributed by atoms with van der Waals surface area (Å²) in [5.74, 6) is -0.624. The molecule has 0 spiro atoms. The molecule has 2 aromatic rings. The minimum atomic E-state index is -4.37. The van der Waals surface area contributed by atoms with Gasteiger partial charge in [-0.25, -0.2) is 16.8 Å². The van der Waals surface area contributed by atoms with E-state index in [1.165, 1.54) is 19.2 Å². The zero-order valence-electron chi connectivity index (χ0n) is 14.3. The number of nitro groups is 1. The molecule has 2 rings (SSSR count). The minimum absolute atomic E-state index is 0.0372. The van der Waals surface area contributed by atoms with Crippen molar-refractivity contribution in [2.75, 3.05) is 24.2 Å². The number of aliphatic hydroxyl groups is 1. The van der Waals surface area contributed by atoms with Gasteiger partial charge in [-0.05, 0) is 24.3 Å². The van der Waals surface area contributed by atoms with Gasteiger partial charge in [-0.2, -0.15) is 0 Å². The summed E-state index contributed by atoms with van der Waals surface area (Å²) >= 11 is 5.86. The number of anilines is 1. The molecule has 0 heterocycles. The van der Waals surface area contributed by atoms with Crippen LogP contribution in [0.15, 0.2) is 46.2 Å². The van der Waals surface area contributed by atoms with Crippen LogP contribution in [-0.4, -0.2) is 46.3 Å². The first-order chi connectivity index (χ1) is 13.0. The molecule has 13 heteroatoms. The fourth-order valence-electron chi connectivity index (χ4n) is 2.24. The minimum Gasteiger partial charge on any atom is -0.495 e. The van der Waals surface area contributed by atoms with E-state index in [0.717, 1.165) is 24.3 Å². The molecule has 0 fully saturated rings. The molecule has 0 saturated carbocycles. The maximum atomic E-state index is 12.6. The second-order valence-electron chi connectivity index (χ2n) is 5.39. The van der Waals surface area contributed by atoms with Crippen molar-refractivity contribution in [3.63, 3.8) is 0 Å². The summed E-state index contributed by atoms with van der Waals surface area (Å²) in [5, 5.41) is 19.6. The van der Waals surface area contributed by atoms with Gasteiger partial charge in [-0.1, -0.05) is 11.6 Å². The fraction of sp³-hybridized carbons (Fsp3) is 0.200. The summed E-state index contributed by atoms with van der Waals surface area (Å²) in [6.45, 7) is -0.634. The Hall–Kier alpha value is -2.41. The van der Waals surface area contributed by atoms with E-state index in [-0.39, 0.29) is 21.4 Å². The molecule has 0 atom stereocenters. The SMILES string of the molecule is COc1ccc(NS(=O)(=O)c2cc([N+](=O)[O-])ccc2Cl)cc1S(=O)(=O)CCO. The molecule has 0 aliphatic carbocycles. The van der Waals surface area contributed by atoms with Crippen LogP contribution in [-0.2, 0) is 19.9 Å². The van der Waals surface area contributed by atoms with Crippen molar-refractivity contribution in [1.82, 2.24) is 0 Å². The van der Waals surface area contributed by atoms with E-state index in [2.05, 4.69) is 4.72 Å². The van der Waals surface area contributed by atoms with Crippen LogP contribution in [0.3, 0.4) is 0 Å². The van der Waals surface area contributed by atoms with Crippen LogP contribution >= 0.6 is 11.6 Å². The lowest BCUT2D eigenvalue weighted by Crippen LogP contribution is -2.15. The zero-order chi connectivity index (χ0) is 21.1. The summed E-state index contributed by atoms with van der Waals surface area (Å²) in [5.41, 5.74) is -0.620. The van der Waals surface area contributed by atoms with Crippen LogP contribution in [0.2, 0.25) is 5.02 Å². The Kier molecular flexibility index (Phi) is 6.49. The number of methoxy groups -OCH3 is 1. The number of rotatable bonds is 8. The van der Waals surface area contributed by atoms with Crippen molar-refractivity contribution < 1.29 is 31.6 Å². The smallest absolute Gasteiger partial charge is 0.270 e. The van der Waals surface area contributed by atoms with E-state index in [0.29, 0.717) is 0 Å². The summed E-state index contributed by atoms with van der Waals surface area (Å²) in [7, 11) is -7.08. The van der Waals surface area contributed by atoms with Crippen molar-refractivity contribution in [2.45, 2.75) is 9.79 Å². The number of ether oxygens (including phenoxy) is 1. The number of nitro benzene ring substituents is 1. The number of hydrogen-bond acceptors (Lipinski definition) is 8. The van der Waals surface area contributed by atoms with E-state index in [1.54, 1.807) is 0 Å². The molecular formula is C15H15ClN2O8S2. The molecule has 0 aliphatic rings. The van der Waals surface area contributed by atoms with E-state index < -0.39 is 47.7 Å². The average Bonchev–Trinajstić information content (AvgIpc) is 2.61. The molecule has 0 aromatic heterocycles. The molecule has 0 saturated heterocycles. The third kappa shape index (κ3) is 4.70. The number of nitrogens with zero attached hydrogens (tertiary/aromatic N) is 1. The van der Waals surface area contributed by atoms with Crippen molar-refractivity contribution in [3.05, 3.63) is 51.5 Å². The van der Waals surface area contributed by atoms with Gasteiger partial charge < -0.3 is 9.84 Å². The molecule has 0 unspecified atom stereocenters. The summed E-state index contributed by atoms with van der Waals surface area (Å²) in [6.07, 6.45) is 0. The second kappa shape index (κ2) is 8.31. The number of hydrogen-bond donors (Lipinski definition) is 2. The first-order valence-corrected chi connectivity index (χ1v) is 11.0. The maximum absolute atomic E-state index is 12.6. The van der Waals surface area contributed by atoms with Gasteiger partial charge in [0.05, 0.1) is 35.1 Å². The predicted molar refractivity (Wildman–Crippen MR) is 101 cm³/mol. The van der Waals surface area contributed by atoms with Crippen LogP contribution in [0.4, 0.5) is 11.4 Å². The van der Waals surface area contributed by atoms with Crippen molar-refractivity contribution >= 4 is 42.8 Å². The third-order valence-corrected chi connectivity index (χ3v) is 7.10. The summed E-state index contributed by atoms with van der Waals surface area (Å²) < 4.78 is 56.8. The molecule has 10 nitrogen and oxygen atoms in total. The molecule has 2 N–H and O–H groups in total. The van der Waals surface area contributed by atoms with Gasteiger partial charge in [0.1, 0.15) is 15.5 Å². The van der Waals surface area contributed by atoms with E-state index >= 15 is 0 Å². The largest absolute Gasteiger partial charge is 0.495 e.